The second-order valence-electron chi connectivity index (χ2n) is 5.65. The number of hydrogen-bond donors (Lipinski definition) is 2. The van der Waals surface area contributed by atoms with Crippen LogP contribution in [0.4, 0.5) is 21.9 Å². The van der Waals surface area contributed by atoms with E-state index in [9.17, 15) is 9.59 Å². The van der Waals surface area contributed by atoms with E-state index in [1.807, 2.05) is 66.5 Å². The zero-order valence-corrected chi connectivity index (χ0v) is 13.7. The van der Waals surface area contributed by atoms with E-state index in [1.54, 1.807) is 4.90 Å². The molecule has 0 fully saturated rings. The molecule has 0 aliphatic carbocycles. The number of anilines is 3. The SMILES string of the molecule is CNC(=O)NC1CN(C)c2ccccc2N(c2ccccc2)C1=O. The number of carbonyl (C=O) groups excluding carboxylic acids is 2. The van der Waals surface area contributed by atoms with Crippen LogP contribution in [0.1, 0.15) is 0 Å². The van der Waals surface area contributed by atoms with Crippen LogP contribution in [0.2, 0.25) is 0 Å². The Bertz CT molecular complexity index is 748. The molecule has 0 bridgehead atoms. The van der Waals surface area contributed by atoms with Gasteiger partial charge in [0.25, 0.3) is 5.91 Å². The number of fused-ring (bicyclic) bond motifs is 1. The number of carbonyl (C=O) groups is 2. The van der Waals surface area contributed by atoms with Crippen LogP contribution in [0, 0.1) is 0 Å². The fraction of sp³-hybridized carbons (Fsp3) is 0.222. The summed E-state index contributed by atoms with van der Waals surface area (Å²) in [6.07, 6.45) is 0. The Morgan fingerprint density at radius 3 is 2.33 bits per heavy atom. The van der Waals surface area contributed by atoms with Crippen LogP contribution in [-0.2, 0) is 4.79 Å². The molecule has 2 aromatic rings. The number of para-hydroxylation sites is 3. The topological polar surface area (TPSA) is 64.7 Å². The number of hydrogen-bond acceptors (Lipinski definition) is 3. The Kier molecular flexibility index (Phi) is 4.37. The molecule has 1 atom stereocenters. The van der Waals surface area contributed by atoms with Crippen LogP contribution in [0.5, 0.6) is 0 Å². The molecule has 2 N–H and O–H groups in total. The van der Waals surface area contributed by atoms with E-state index in [-0.39, 0.29) is 11.9 Å². The van der Waals surface area contributed by atoms with E-state index < -0.39 is 6.04 Å². The Morgan fingerprint density at radius 1 is 1.04 bits per heavy atom. The third-order valence-corrected chi connectivity index (χ3v) is 4.06. The summed E-state index contributed by atoms with van der Waals surface area (Å²) in [6, 6.07) is 16.2. The highest BCUT2D eigenvalue weighted by molar-refractivity contribution is 6.08. The summed E-state index contributed by atoms with van der Waals surface area (Å²) >= 11 is 0. The highest BCUT2D eigenvalue weighted by Gasteiger charge is 2.34. The summed E-state index contributed by atoms with van der Waals surface area (Å²) in [5.41, 5.74) is 2.52. The van der Waals surface area contributed by atoms with Crippen LogP contribution in [0.25, 0.3) is 0 Å². The maximum atomic E-state index is 13.2. The summed E-state index contributed by atoms with van der Waals surface area (Å²) < 4.78 is 0. The normalized spacial score (nSPS) is 17.1. The van der Waals surface area contributed by atoms with E-state index in [0.29, 0.717) is 6.54 Å². The molecule has 1 unspecified atom stereocenters. The van der Waals surface area contributed by atoms with Gasteiger partial charge in [-0.05, 0) is 24.3 Å². The lowest BCUT2D eigenvalue weighted by molar-refractivity contribution is -0.119. The third kappa shape index (κ3) is 2.90. The summed E-state index contributed by atoms with van der Waals surface area (Å²) in [7, 11) is 3.45. The molecule has 0 saturated carbocycles. The minimum atomic E-state index is -0.650. The van der Waals surface area contributed by atoms with Crippen molar-refractivity contribution in [3.63, 3.8) is 0 Å². The van der Waals surface area contributed by atoms with E-state index in [2.05, 4.69) is 10.6 Å². The summed E-state index contributed by atoms with van der Waals surface area (Å²) in [5.74, 6) is -0.165. The molecule has 1 aliphatic rings. The van der Waals surface area contributed by atoms with Crippen molar-refractivity contribution in [1.82, 2.24) is 10.6 Å². The molecule has 1 heterocycles. The zero-order valence-electron chi connectivity index (χ0n) is 13.7. The van der Waals surface area contributed by atoms with Gasteiger partial charge in [0.1, 0.15) is 6.04 Å². The van der Waals surface area contributed by atoms with Crippen molar-refractivity contribution in [3.05, 3.63) is 54.6 Å². The number of nitrogens with zero attached hydrogens (tertiary/aromatic N) is 2. The van der Waals surface area contributed by atoms with Gasteiger partial charge in [0.05, 0.1) is 11.4 Å². The minimum absolute atomic E-state index is 0.165. The second-order valence-corrected chi connectivity index (χ2v) is 5.65. The first-order valence-corrected chi connectivity index (χ1v) is 7.79. The Balaban J connectivity index is 2.09. The summed E-state index contributed by atoms with van der Waals surface area (Å²) in [4.78, 5) is 28.6. The number of nitrogens with one attached hydrogen (secondary N) is 2. The average Bonchev–Trinajstić information content (AvgIpc) is 2.71. The average molecular weight is 324 g/mol. The standard InChI is InChI=1S/C18H20N4O2/c1-19-18(24)20-14-12-21(2)15-10-6-7-11-16(15)22(17(14)23)13-8-4-3-5-9-13/h3-11,14H,12H2,1-2H3,(H2,19,20,24). The molecule has 2 aromatic carbocycles. The lowest BCUT2D eigenvalue weighted by Gasteiger charge is -2.25. The minimum Gasteiger partial charge on any atom is -0.370 e. The first kappa shape index (κ1) is 15.9. The fourth-order valence-corrected chi connectivity index (χ4v) is 2.88. The molecular weight excluding hydrogens is 304 g/mol. The molecule has 124 valence electrons. The van der Waals surface area contributed by atoms with Gasteiger partial charge < -0.3 is 15.5 Å². The Labute approximate surface area is 141 Å². The summed E-state index contributed by atoms with van der Waals surface area (Å²) in [6.45, 7) is 0.395. The number of urea groups is 1. The lowest BCUT2D eigenvalue weighted by atomic mass is 10.2. The van der Waals surface area contributed by atoms with Gasteiger partial charge in [0, 0.05) is 26.3 Å². The quantitative estimate of drug-likeness (QED) is 0.889. The molecule has 0 radical (unpaired) electrons. The number of amides is 3. The largest absolute Gasteiger partial charge is 0.370 e. The van der Waals surface area contributed by atoms with E-state index in [0.717, 1.165) is 17.1 Å². The van der Waals surface area contributed by atoms with Crippen LogP contribution >= 0.6 is 0 Å². The maximum absolute atomic E-state index is 13.2. The molecular formula is C18H20N4O2. The predicted molar refractivity (Wildman–Crippen MR) is 94.7 cm³/mol. The highest BCUT2D eigenvalue weighted by atomic mass is 16.2. The van der Waals surface area contributed by atoms with Crippen molar-refractivity contribution in [3.8, 4) is 0 Å². The van der Waals surface area contributed by atoms with Crippen molar-refractivity contribution in [2.24, 2.45) is 0 Å². The van der Waals surface area contributed by atoms with Gasteiger partial charge >= 0.3 is 6.03 Å². The molecule has 24 heavy (non-hydrogen) atoms. The fourth-order valence-electron chi connectivity index (χ4n) is 2.88. The number of likely N-dealkylation sites (N-methyl/N-ethyl adjacent to an activating group) is 1. The number of benzene rings is 2. The van der Waals surface area contributed by atoms with E-state index in [1.165, 1.54) is 7.05 Å². The van der Waals surface area contributed by atoms with Gasteiger partial charge in [-0.2, -0.15) is 0 Å². The van der Waals surface area contributed by atoms with Crippen LogP contribution in [-0.4, -0.2) is 38.6 Å². The van der Waals surface area contributed by atoms with Gasteiger partial charge in [0.15, 0.2) is 0 Å². The van der Waals surface area contributed by atoms with Crippen molar-refractivity contribution in [2.75, 3.05) is 30.4 Å². The predicted octanol–water partition coefficient (Wildman–Crippen LogP) is 2.10. The second kappa shape index (κ2) is 6.62. The van der Waals surface area contributed by atoms with Crippen molar-refractivity contribution in [2.45, 2.75) is 6.04 Å². The van der Waals surface area contributed by atoms with Crippen LogP contribution in [0.3, 0.4) is 0 Å². The molecule has 3 amide bonds. The monoisotopic (exact) mass is 324 g/mol. The van der Waals surface area contributed by atoms with Crippen molar-refractivity contribution >= 4 is 29.0 Å². The van der Waals surface area contributed by atoms with Crippen LogP contribution < -0.4 is 20.4 Å². The third-order valence-electron chi connectivity index (χ3n) is 4.06. The van der Waals surface area contributed by atoms with E-state index in [4.69, 9.17) is 0 Å². The molecule has 1 aliphatic heterocycles. The molecule has 3 rings (SSSR count). The van der Waals surface area contributed by atoms with Crippen molar-refractivity contribution in [1.29, 1.82) is 0 Å². The Morgan fingerprint density at radius 2 is 1.67 bits per heavy atom. The van der Waals surface area contributed by atoms with E-state index >= 15 is 0 Å². The first-order valence-electron chi connectivity index (χ1n) is 7.79. The van der Waals surface area contributed by atoms with Gasteiger partial charge in [-0.15, -0.1) is 0 Å². The maximum Gasteiger partial charge on any atom is 0.315 e. The van der Waals surface area contributed by atoms with Gasteiger partial charge in [-0.1, -0.05) is 30.3 Å². The molecule has 6 heteroatoms. The Hall–Kier alpha value is -3.02. The van der Waals surface area contributed by atoms with Crippen molar-refractivity contribution < 1.29 is 9.59 Å². The van der Waals surface area contributed by atoms with Crippen LogP contribution in [0.15, 0.2) is 54.6 Å². The van der Waals surface area contributed by atoms with Gasteiger partial charge in [0.2, 0.25) is 0 Å². The first-order chi connectivity index (χ1) is 11.6. The smallest absolute Gasteiger partial charge is 0.315 e. The lowest BCUT2D eigenvalue weighted by Crippen LogP contribution is -2.52. The molecule has 0 aromatic heterocycles. The summed E-state index contributed by atoms with van der Waals surface area (Å²) in [5, 5.41) is 5.24. The van der Waals surface area contributed by atoms with Gasteiger partial charge in [-0.3, -0.25) is 9.69 Å². The molecule has 6 nitrogen and oxygen atoms in total. The molecule has 0 saturated heterocycles. The molecule has 0 spiro atoms. The zero-order chi connectivity index (χ0) is 17.1. The highest BCUT2D eigenvalue weighted by Crippen LogP contribution is 2.36. The number of rotatable bonds is 2. The van der Waals surface area contributed by atoms with Gasteiger partial charge in [-0.25, -0.2) is 4.79 Å².